The Morgan fingerprint density at radius 3 is 2.08 bits per heavy atom. The van der Waals surface area contributed by atoms with Gasteiger partial charge in [-0.25, -0.2) is 18.8 Å². The molecule has 204 valence electrons. The molecule has 0 aromatic heterocycles. The Labute approximate surface area is 232 Å². The topological polar surface area (TPSA) is 78.9 Å². The van der Waals surface area contributed by atoms with Crippen LogP contribution in [0.5, 0.6) is 11.5 Å². The summed E-state index contributed by atoms with van der Waals surface area (Å²) in [7, 11) is 0. The third kappa shape index (κ3) is 6.43. The largest absolute Gasteiger partial charge is 0.462 e. The molecule has 0 amide bonds. The Bertz CT molecular complexity index is 1550. The maximum absolute atomic E-state index is 15.4. The summed E-state index contributed by atoms with van der Waals surface area (Å²) in [5.74, 6) is -2.03. The number of fused-ring (bicyclic) bond motifs is 1. The van der Waals surface area contributed by atoms with Crippen molar-refractivity contribution in [3.8, 4) is 33.8 Å². The molecule has 40 heavy (non-hydrogen) atoms. The van der Waals surface area contributed by atoms with Crippen LogP contribution in [0.2, 0.25) is 0 Å². The fourth-order valence-corrected chi connectivity index (χ4v) is 4.41. The molecule has 0 heterocycles. The highest BCUT2D eigenvalue weighted by Crippen LogP contribution is 2.36. The van der Waals surface area contributed by atoms with Crippen LogP contribution in [0.3, 0.4) is 0 Å². The van der Waals surface area contributed by atoms with Crippen molar-refractivity contribution in [3.63, 3.8) is 0 Å². The number of esters is 3. The van der Waals surface area contributed by atoms with Crippen LogP contribution >= 0.6 is 0 Å². The molecule has 0 N–H and O–H groups in total. The van der Waals surface area contributed by atoms with Gasteiger partial charge in [0.25, 0.3) is 0 Å². The number of rotatable bonds is 9. The second kappa shape index (κ2) is 11.9. The van der Waals surface area contributed by atoms with Crippen molar-refractivity contribution in [1.82, 2.24) is 0 Å². The summed E-state index contributed by atoms with van der Waals surface area (Å²) >= 11 is 0. The maximum Gasteiger partial charge on any atom is 0.338 e. The van der Waals surface area contributed by atoms with Crippen molar-refractivity contribution in [2.24, 2.45) is 5.92 Å². The highest BCUT2D eigenvalue weighted by Gasteiger charge is 2.23. The van der Waals surface area contributed by atoms with Gasteiger partial charge >= 0.3 is 17.9 Å². The molecule has 0 fully saturated rings. The Morgan fingerprint density at radius 2 is 1.43 bits per heavy atom. The third-order valence-electron chi connectivity index (χ3n) is 6.51. The quantitative estimate of drug-likeness (QED) is 0.174. The zero-order valence-corrected chi connectivity index (χ0v) is 22.4. The molecule has 0 spiro atoms. The average molecular weight is 541 g/mol. The molecule has 1 atom stereocenters. The fraction of sp³-hybridized carbons (Fsp3) is 0.182. The van der Waals surface area contributed by atoms with Crippen LogP contribution < -0.4 is 9.47 Å². The first kappa shape index (κ1) is 28.2. The minimum absolute atomic E-state index is 0.00321. The first-order valence-electron chi connectivity index (χ1n) is 12.7. The average Bonchev–Trinajstić information content (AvgIpc) is 3.34. The van der Waals surface area contributed by atoms with E-state index < -0.39 is 23.7 Å². The second-order valence-corrected chi connectivity index (χ2v) is 9.79. The number of hydrogen-bond donors (Lipinski definition) is 0. The van der Waals surface area contributed by atoms with Crippen LogP contribution in [-0.4, -0.2) is 24.5 Å². The van der Waals surface area contributed by atoms with Gasteiger partial charge in [-0.15, -0.1) is 0 Å². The van der Waals surface area contributed by atoms with E-state index in [-0.39, 0.29) is 28.6 Å². The molecule has 3 aromatic carbocycles. The molecule has 7 heteroatoms. The molecule has 0 saturated heterocycles. The van der Waals surface area contributed by atoms with Crippen LogP contribution in [0, 0.1) is 11.7 Å². The molecule has 1 aliphatic carbocycles. The van der Waals surface area contributed by atoms with Crippen molar-refractivity contribution >= 4 is 17.9 Å². The molecule has 0 bridgehead atoms. The molecule has 0 radical (unpaired) electrons. The van der Waals surface area contributed by atoms with E-state index in [4.69, 9.17) is 14.2 Å². The summed E-state index contributed by atoms with van der Waals surface area (Å²) in [6, 6.07) is 15.3. The van der Waals surface area contributed by atoms with Gasteiger partial charge in [-0.3, -0.25) is 0 Å². The zero-order chi connectivity index (χ0) is 29.0. The smallest absolute Gasteiger partial charge is 0.338 e. The van der Waals surface area contributed by atoms with Gasteiger partial charge in [0.1, 0.15) is 5.82 Å². The zero-order valence-electron chi connectivity index (χ0n) is 22.4. The predicted molar refractivity (Wildman–Crippen MR) is 150 cm³/mol. The third-order valence-corrected chi connectivity index (χ3v) is 6.51. The molecule has 4 rings (SSSR count). The number of carbonyl (C=O) groups excluding carboxylic acids is 3. The summed E-state index contributed by atoms with van der Waals surface area (Å²) in [6.07, 6.45) is 2.67. The van der Waals surface area contributed by atoms with Gasteiger partial charge in [0.2, 0.25) is 0 Å². The number of hydrogen-bond acceptors (Lipinski definition) is 6. The van der Waals surface area contributed by atoms with Crippen molar-refractivity contribution in [2.75, 3.05) is 6.61 Å². The minimum atomic E-state index is -0.691. The molecule has 0 saturated carbocycles. The predicted octanol–water partition coefficient (Wildman–Crippen LogP) is 6.57. The number of benzene rings is 3. The SMILES string of the molecule is C=CC(=O)OCC1Cc2ccc(-c3ccc(-c4ccc(OC(=O)C(=C)C)c(OC(=O)C(=C)C)c4)cc3F)cc2C1. The summed E-state index contributed by atoms with van der Waals surface area (Å²) in [5, 5.41) is 0. The van der Waals surface area contributed by atoms with E-state index in [9.17, 15) is 14.4 Å². The van der Waals surface area contributed by atoms with E-state index in [1.807, 2.05) is 18.2 Å². The molecule has 1 unspecified atom stereocenters. The lowest BCUT2D eigenvalue weighted by Crippen LogP contribution is -2.12. The maximum atomic E-state index is 15.4. The molecule has 0 aliphatic heterocycles. The van der Waals surface area contributed by atoms with Crippen LogP contribution in [0.15, 0.2) is 91.6 Å². The van der Waals surface area contributed by atoms with E-state index >= 15 is 4.39 Å². The van der Waals surface area contributed by atoms with Crippen LogP contribution in [0.4, 0.5) is 4.39 Å². The van der Waals surface area contributed by atoms with Crippen molar-refractivity contribution in [2.45, 2.75) is 26.7 Å². The Balaban J connectivity index is 1.58. The Hall–Kier alpha value is -4.78. The van der Waals surface area contributed by atoms with Gasteiger partial charge in [0.15, 0.2) is 11.5 Å². The fourth-order valence-electron chi connectivity index (χ4n) is 4.41. The first-order valence-corrected chi connectivity index (χ1v) is 12.7. The molecule has 3 aromatic rings. The van der Waals surface area contributed by atoms with E-state index in [0.717, 1.165) is 35.6 Å². The van der Waals surface area contributed by atoms with Crippen molar-refractivity contribution in [3.05, 3.63) is 109 Å². The number of carbonyl (C=O) groups is 3. The van der Waals surface area contributed by atoms with Crippen LogP contribution in [-0.2, 0) is 32.0 Å². The molecular weight excluding hydrogens is 511 g/mol. The highest BCUT2D eigenvalue weighted by molar-refractivity contribution is 5.91. The van der Waals surface area contributed by atoms with E-state index in [1.165, 1.54) is 32.0 Å². The van der Waals surface area contributed by atoms with Gasteiger partial charge in [0, 0.05) is 28.7 Å². The number of halogens is 1. The number of ether oxygens (including phenoxy) is 3. The molecule has 6 nitrogen and oxygen atoms in total. The van der Waals surface area contributed by atoms with Gasteiger partial charge in [0.05, 0.1) is 6.61 Å². The Morgan fingerprint density at radius 1 is 0.825 bits per heavy atom. The lowest BCUT2D eigenvalue weighted by atomic mass is 9.97. The van der Waals surface area contributed by atoms with Crippen molar-refractivity contribution in [1.29, 1.82) is 0 Å². The summed E-state index contributed by atoms with van der Waals surface area (Å²) < 4.78 is 31.3. The molecular formula is C33H29FO6. The second-order valence-electron chi connectivity index (χ2n) is 9.79. The normalized spacial score (nSPS) is 13.6. The van der Waals surface area contributed by atoms with Gasteiger partial charge < -0.3 is 14.2 Å². The Kier molecular flexibility index (Phi) is 8.43. The summed E-state index contributed by atoms with van der Waals surface area (Å²) in [5.41, 5.74) is 4.87. The van der Waals surface area contributed by atoms with Gasteiger partial charge in [-0.1, -0.05) is 56.1 Å². The van der Waals surface area contributed by atoms with Gasteiger partial charge in [-0.2, -0.15) is 0 Å². The lowest BCUT2D eigenvalue weighted by Gasteiger charge is -2.13. The van der Waals surface area contributed by atoms with E-state index in [1.54, 1.807) is 18.2 Å². The van der Waals surface area contributed by atoms with Crippen LogP contribution in [0.1, 0.15) is 25.0 Å². The lowest BCUT2D eigenvalue weighted by molar-refractivity contribution is -0.139. The summed E-state index contributed by atoms with van der Waals surface area (Å²) in [6.45, 7) is 13.9. The standard InChI is InChI=1S/C33H29FO6/c1-6-31(35)38-18-21-13-22-7-8-25(15-26(22)14-21)27-11-9-23(16-28(27)34)24-10-12-29(39-32(36)19(2)3)30(17-24)40-33(37)20(4)5/h6-12,15-17,21H,1-2,4,13-14,18H2,3,5H3. The van der Waals surface area contributed by atoms with Crippen LogP contribution in [0.25, 0.3) is 22.3 Å². The summed E-state index contributed by atoms with van der Waals surface area (Å²) in [4.78, 5) is 35.7. The van der Waals surface area contributed by atoms with E-state index in [0.29, 0.717) is 23.3 Å². The minimum Gasteiger partial charge on any atom is -0.462 e. The highest BCUT2D eigenvalue weighted by atomic mass is 19.1. The van der Waals surface area contributed by atoms with Gasteiger partial charge in [-0.05, 0) is 72.7 Å². The van der Waals surface area contributed by atoms with Crippen molar-refractivity contribution < 1.29 is 33.0 Å². The first-order chi connectivity index (χ1) is 19.0. The monoisotopic (exact) mass is 540 g/mol. The molecule has 1 aliphatic rings. The van der Waals surface area contributed by atoms with E-state index in [2.05, 4.69) is 19.7 Å².